The number of carbonyl (C=O) groups is 1. The number of halogens is 2. The van der Waals surface area contributed by atoms with E-state index < -0.39 is 26.5 Å². The fourth-order valence-electron chi connectivity index (χ4n) is 1.58. The number of hydrogen-bond acceptors (Lipinski definition) is 4. The summed E-state index contributed by atoms with van der Waals surface area (Å²) < 4.78 is 38.8. The zero-order valence-corrected chi connectivity index (χ0v) is 13.1. The normalized spacial score (nSPS) is 11.5. The third kappa shape index (κ3) is 3.25. The van der Waals surface area contributed by atoms with E-state index in [-0.39, 0.29) is 11.3 Å². The Balaban J connectivity index is 2.37. The van der Waals surface area contributed by atoms with E-state index >= 15 is 0 Å². The Labute approximate surface area is 126 Å². The van der Waals surface area contributed by atoms with Crippen LogP contribution in [0, 0.1) is 5.82 Å². The Kier molecular flexibility index (Phi) is 4.26. The smallest absolute Gasteiger partial charge is 0.335 e. The molecule has 0 fully saturated rings. The molecule has 0 aliphatic heterocycles. The predicted molar refractivity (Wildman–Crippen MR) is 76.3 cm³/mol. The Morgan fingerprint density at radius 2 is 2.00 bits per heavy atom. The van der Waals surface area contributed by atoms with Gasteiger partial charge in [-0.15, -0.1) is 11.3 Å². The molecule has 0 spiro atoms. The minimum absolute atomic E-state index is 0.291. The van der Waals surface area contributed by atoms with Gasteiger partial charge in [-0.25, -0.2) is 17.6 Å². The number of hydrogen-bond donors (Lipinski definition) is 1. The third-order valence-corrected chi connectivity index (χ3v) is 5.97. The van der Waals surface area contributed by atoms with Crippen LogP contribution in [0.15, 0.2) is 39.0 Å². The van der Waals surface area contributed by atoms with Gasteiger partial charge < -0.3 is 5.11 Å². The molecule has 2 rings (SSSR count). The molecule has 20 heavy (non-hydrogen) atoms. The summed E-state index contributed by atoms with van der Waals surface area (Å²) in [5.41, 5.74) is -0.291. The molecule has 0 atom stereocenters. The Bertz CT molecular complexity index is 768. The van der Waals surface area contributed by atoms with Crippen LogP contribution in [-0.2, 0) is 15.6 Å². The maximum Gasteiger partial charge on any atom is 0.335 e. The molecule has 106 valence electrons. The van der Waals surface area contributed by atoms with E-state index in [1.165, 1.54) is 11.3 Å². The number of sulfone groups is 1. The Hall–Kier alpha value is -1.25. The number of thiophene rings is 1. The monoisotopic (exact) mass is 378 g/mol. The van der Waals surface area contributed by atoms with Crippen molar-refractivity contribution in [2.45, 2.75) is 10.6 Å². The van der Waals surface area contributed by atoms with E-state index in [0.29, 0.717) is 10.9 Å². The number of rotatable bonds is 4. The first-order valence-corrected chi connectivity index (χ1v) is 8.55. The largest absolute Gasteiger partial charge is 0.478 e. The van der Waals surface area contributed by atoms with Crippen molar-refractivity contribution in [1.29, 1.82) is 0 Å². The van der Waals surface area contributed by atoms with Gasteiger partial charge in [-0.2, -0.15) is 0 Å². The van der Waals surface area contributed by atoms with Crippen molar-refractivity contribution < 1.29 is 22.7 Å². The molecular formula is C12H8BrFO4S2. The molecule has 1 N–H and O–H groups in total. The molecular weight excluding hydrogens is 371 g/mol. The predicted octanol–water partition coefficient (Wildman–Crippen LogP) is 3.32. The van der Waals surface area contributed by atoms with Crippen molar-refractivity contribution >= 4 is 43.1 Å². The summed E-state index contributed by atoms with van der Waals surface area (Å²) in [5, 5.41) is 8.72. The summed E-state index contributed by atoms with van der Waals surface area (Å²) in [7, 11) is -3.85. The molecule has 0 aliphatic rings. The molecule has 1 aromatic carbocycles. The summed E-state index contributed by atoms with van der Waals surface area (Å²) in [6.45, 7) is 0. The fraction of sp³-hybridized carbons (Fsp3) is 0.0833. The molecule has 2 aromatic rings. The van der Waals surface area contributed by atoms with Crippen LogP contribution in [0.4, 0.5) is 4.39 Å². The molecule has 0 saturated heterocycles. The summed E-state index contributed by atoms with van der Waals surface area (Å²) >= 11 is 4.46. The van der Waals surface area contributed by atoms with Crippen LogP contribution in [0.3, 0.4) is 0 Å². The molecule has 0 aliphatic carbocycles. The minimum Gasteiger partial charge on any atom is -0.478 e. The number of carboxylic acid groups (broad SMARTS) is 1. The first-order valence-electron chi connectivity index (χ1n) is 5.29. The van der Waals surface area contributed by atoms with Gasteiger partial charge in [0.25, 0.3) is 0 Å². The average molecular weight is 379 g/mol. The van der Waals surface area contributed by atoms with E-state index in [2.05, 4.69) is 15.9 Å². The van der Waals surface area contributed by atoms with Crippen LogP contribution >= 0.6 is 27.3 Å². The first-order chi connectivity index (χ1) is 9.29. The molecule has 4 nitrogen and oxygen atoms in total. The number of aromatic carboxylic acids is 1. The van der Waals surface area contributed by atoms with Gasteiger partial charge >= 0.3 is 5.97 Å². The summed E-state index contributed by atoms with van der Waals surface area (Å²) in [5.74, 6) is -2.69. The van der Waals surface area contributed by atoms with Gasteiger partial charge in [-0.05, 0) is 46.3 Å². The second-order valence-electron chi connectivity index (χ2n) is 3.92. The minimum atomic E-state index is -3.85. The van der Waals surface area contributed by atoms with Crippen molar-refractivity contribution in [3.63, 3.8) is 0 Å². The standard InChI is InChI=1S/C12H8BrFO4S2/c13-11-4-2-8(19-11)6-20(17,18)10-3-1-7(12(15)16)5-9(10)14/h1-5H,6H2,(H,15,16). The lowest BCUT2D eigenvalue weighted by atomic mass is 10.2. The zero-order chi connectivity index (χ0) is 14.9. The van der Waals surface area contributed by atoms with Crippen LogP contribution in [0.5, 0.6) is 0 Å². The number of carboxylic acids is 1. The summed E-state index contributed by atoms with van der Waals surface area (Å²) in [4.78, 5) is 10.8. The van der Waals surface area contributed by atoms with Crippen LogP contribution in [-0.4, -0.2) is 19.5 Å². The first kappa shape index (κ1) is 15.1. The lowest BCUT2D eigenvalue weighted by Crippen LogP contribution is -2.08. The quantitative estimate of drug-likeness (QED) is 0.885. The Morgan fingerprint density at radius 1 is 1.30 bits per heavy atom. The van der Waals surface area contributed by atoms with Gasteiger partial charge in [0.15, 0.2) is 9.84 Å². The third-order valence-electron chi connectivity index (χ3n) is 2.48. The molecule has 0 amide bonds. The van der Waals surface area contributed by atoms with Crippen molar-refractivity contribution in [3.05, 3.63) is 50.4 Å². The van der Waals surface area contributed by atoms with Crippen molar-refractivity contribution in [3.8, 4) is 0 Å². The molecule has 1 heterocycles. The van der Waals surface area contributed by atoms with Crippen molar-refractivity contribution in [1.82, 2.24) is 0 Å². The summed E-state index contributed by atoms with van der Waals surface area (Å²) in [6.07, 6.45) is 0. The second kappa shape index (κ2) is 5.63. The summed E-state index contributed by atoms with van der Waals surface area (Å²) in [6, 6.07) is 6.11. The molecule has 0 radical (unpaired) electrons. The van der Waals surface area contributed by atoms with E-state index in [4.69, 9.17) is 5.11 Å². The van der Waals surface area contributed by atoms with E-state index in [1.54, 1.807) is 12.1 Å². The molecule has 0 unspecified atom stereocenters. The SMILES string of the molecule is O=C(O)c1ccc(S(=O)(=O)Cc2ccc(Br)s2)c(F)c1. The number of benzene rings is 1. The van der Waals surface area contributed by atoms with Gasteiger partial charge in [0.05, 0.1) is 15.1 Å². The molecule has 0 bridgehead atoms. The maximum atomic E-state index is 13.8. The van der Waals surface area contributed by atoms with E-state index in [0.717, 1.165) is 15.9 Å². The van der Waals surface area contributed by atoms with Gasteiger partial charge in [0.1, 0.15) is 10.7 Å². The van der Waals surface area contributed by atoms with Crippen LogP contribution in [0.2, 0.25) is 0 Å². The van der Waals surface area contributed by atoms with Gasteiger partial charge in [0, 0.05) is 4.88 Å². The van der Waals surface area contributed by atoms with Crippen molar-refractivity contribution in [2.75, 3.05) is 0 Å². The fourth-order valence-corrected chi connectivity index (χ4v) is 4.82. The highest BCUT2D eigenvalue weighted by Gasteiger charge is 2.22. The highest BCUT2D eigenvalue weighted by atomic mass is 79.9. The lowest BCUT2D eigenvalue weighted by molar-refractivity contribution is 0.0696. The van der Waals surface area contributed by atoms with Gasteiger partial charge in [-0.3, -0.25) is 0 Å². The topological polar surface area (TPSA) is 71.4 Å². The zero-order valence-electron chi connectivity index (χ0n) is 9.84. The van der Waals surface area contributed by atoms with Gasteiger partial charge in [0.2, 0.25) is 0 Å². The van der Waals surface area contributed by atoms with E-state index in [1.807, 2.05) is 0 Å². The molecule has 0 saturated carbocycles. The second-order valence-corrected chi connectivity index (χ2v) is 8.42. The lowest BCUT2D eigenvalue weighted by Gasteiger charge is -2.05. The van der Waals surface area contributed by atoms with Crippen LogP contribution < -0.4 is 0 Å². The highest BCUT2D eigenvalue weighted by Crippen LogP contribution is 2.27. The average Bonchev–Trinajstić information content (AvgIpc) is 2.73. The van der Waals surface area contributed by atoms with E-state index in [9.17, 15) is 17.6 Å². The van der Waals surface area contributed by atoms with Gasteiger partial charge in [-0.1, -0.05) is 0 Å². The maximum absolute atomic E-state index is 13.8. The molecule has 8 heteroatoms. The highest BCUT2D eigenvalue weighted by molar-refractivity contribution is 9.11. The van der Waals surface area contributed by atoms with Crippen LogP contribution in [0.25, 0.3) is 0 Å². The van der Waals surface area contributed by atoms with Crippen LogP contribution in [0.1, 0.15) is 15.2 Å². The molecule has 1 aromatic heterocycles. The van der Waals surface area contributed by atoms with Crippen molar-refractivity contribution in [2.24, 2.45) is 0 Å². The Morgan fingerprint density at radius 3 is 2.50 bits per heavy atom.